The van der Waals surface area contributed by atoms with Crippen molar-refractivity contribution in [3.63, 3.8) is 0 Å². The van der Waals surface area contributed by atoms with E-state index in [1.54, 1.807) is 13.0 Å². The molecule has 0 spiro atoms. The molecule has 0 aliphatic heterocycles. The van der Waals surface area contributed by atoms with E-state index in [4.69, 9.17) is 15.2 Å². The lowest BCUT2D eigenvalue weighted by Gasteiger charge is -2.16. The van der Waals surface area contributed by atoms with Crippen LogP contribution in [0, 0.1) is 5.82 Å². The predicted molar refractivity (Wildman–Crippen MR) is 71.6 cm³/mol. The summed E-state index contributed by atoms with van der Waals surface area (Å²) in [5.74, 6) is -0.240. The summed E-state index contributed by atoms with van der Waals surface area (Å²) < 4.78 is 24.1. The molecule has 18 heavy (non-hydrogen) atoms. The van der Waals surface area contributed by atoms with Gasteiger partial charge in [-0.2, -0.15) is 0 Å². The summed E-state index contributed by atoms with van der Waals surface area (Å²) in [4.78, 5) is 0. The van der Waals surface area contributed by atoms with Crippen molar-refractivity contribution < 1.29 is 13.9 Å². The number of nitrogens with one attached hydrogen (secondary N) is 1. The highest BCUT2D eigenvalue weighted by molar-refractivity contribution is 5.68. The molecule has 0 aliphatic rings. The highest BCUT2D eigenvalue weighted by atomic mass is 19.1. The summed E-state index contributed by atoms with van der Waals surface area (Å²) in [5, 5.41) is 3.13. The third-order valence-electron chi connectivity index (χ3n) is 2.44. The van der Waals surface area contributed by atoms with E-state index in [1.165, 1.54) is 6.07 Å². The van der Waals surface area contributed by atoms with Crippen LogP contribution in [0.4, 0.5) is 15.8 Å². The SMILES string of the molecule is CCOc1cc(NCC(C)OCC)c(N)cc1F. The fourth-order valence-corrected chi connectivity index (χ4v) is 1.59. The summed E-state index contributed by atoms with van der Waals surface area (Å²) >= 11 is 0. The Morgan fingerprint density at radius 3 is 2.67 bits per heavy atom. The van der Waals surface area contributed by atoms with Gasteiger partial charge in [-0.05, 0) is 20.8 Å². The molecule has 0 radical (unpaired) electrons. The van der Waals surface area contributed by atoms with Gasteiger partial charge in [0, 0.05) is 25.3 Å². The van der Waals surface area contributed by atoms with Crippen LogP contribution < -0.4 is 15.8 Å². The van der Waals surface area contributed by atoms with Crippen LogP contribution in [0.2, 0.25) is 0 Å². The zero-order valence-electron chi connectivity index (χ0n) is 11.1. The maximum atomic E-state index is 13.5. The average molecular weight is 256 g/mol. The molecule has 5 heteroatoms. The minimum atomic E-state index is -0.447. The molecule has 0 saturated heterocycles. The molecule has 1 aromatic rings. The minimum absolute atomic E-state index is 0.0648. The molecule has 0 heterocycles. The molecule has 3 N–H and O–H groups in total. The minimum Gasteiger partial charge on any atom is -0.491 e. The summed E-state index contributed by atoms with van der Waals surface area (Å²) in [7, 11) is 0. The first-order valence-corrected chi connectivity index (χ1v) is 6.15. The lowest BCUT2D eigenvalue weighted by atomic mass is 10.2. The monoisotopic (exact) mass is 256 g/mol. The third-order valence-corrected chi connectivity index (χ3v) is 2.44. The standard InChI is InChI=1S/C13H21FN2O2/c1-4-17-9(3)8-16-12-7-13(18-5-2)10(14)6-11(12)15/h6-7,9,16H,4-5,8,15H2,1-3H3. The van der Waals surface area contributed by atoms with E-state index in [-0.39, 0.29) is 11.9 Å². The highest BCUT2D eigenvalue weighted by Gasteiger charge is 2.09. The molecule has 0 aromatic heterocycles. The molecule has 1 atom stereocenters. The van der Waals surface area contributed by atoms with Crippen molar-refractivity contribution in [2.24, 2.45) is 0 Å². The smallest absolute Gasteiger partial charge is 0.167 e. The van der Waals surface area contributed by atoms with E-state index >= 15 is 0 Å². The van der Waals surface area contributed by atoms with Crippen molar-refractivity contribution in [1.29, 1.82) is 0 Å². The second-order valence-electron chi connectivity index (χ2n) is 3.95. The first kappa shape index (κ1) is 14.6. The van der Waals surface area contributed by atoms with Gasteiger partial charge in [-0.3, -0.25) is 0 Å². The Labute approximate surface area is 107 Å². The van der Waals surface area contributed by atoms with Gasteiger partial charge in [0.25, 0.3) is 0 Å². The van der Waals surface area contributed by atoms with Gasteiger partial charge in [0.2, 0.25) is 0 Å². The van der Waals surface area contributed by atoms with Crippen LogP contribution >= 0.6 is 0 Å². The first-order valence-electron chi connectivity index (χ1n) is 6.15. The predicted octanol–water partition coefficient (Wildman–Crippen LogP) is 2.64. The lowest BCUT2D eigenvalue weighted by Crippen LogP contribution is -2.20. The quantitative estimate of drug-likeness (QED) is 0.736. The average Bonchev–Trinajstić information content (AvgIpc) is 2.31. The van der Waals surface area contributed by atoms with E-state index < -0.39 is 5.82 Å². The Bertz CT molecular complexity index is 385. The third kappa shape index (κ3) is 4.07. The maximum Gasteiger partial charge on any atom is 0.167 e. The Morgan fingerprint density at radius 1 is 1.33 bits per heavy atom. The van der Waals surface area contributed by atoms with Crippen LogP contribution in [0.1, 0.15) is 20.8 Å². The van der Waals surface area contributed by atoms with Crippen molar-refractivity contribution >= 4 is 11.4 Å². The van der Waals surface area contributed by atoms with Crippen LogP contribution in [-0.2, 0) is 4.74 Å². The summed E-state index contributed by atoms with van der Waals surface area (Å²) in [6.45, 7) is 7.38. The van der Waals surface area contributed by atoms with Crippen molar-refractivity contribution in [3.8, 4) is 5.75 Å². The van der Waals surface area contributed by atoms with Gasteiger partial charge in [0.15, 0.2) is 11.6 Å². The summed E-state index contributed by atoms with van der Waals surface area (Å²) in [5.41, 5.74) is 6.77. The number of ether oxygens (including phenoxy) is 2. The van der Waals surface area contributed by atoms with E-state index in [1.807, 2.05) is 13.8 Å². The van der Waals surface area contributed by atoms with Crippen LogP contribution in [0.25, 0.3) is 0 Å². The number of hydrogen-bond acceptors (Lipinski definition) is 4. The fourth-order valence-electron chi connectivity index (χ4n) is 1.59. The maximum absolute atomic E-state index is 13.5. The Kier molecular flexibility index (Phi) is 5.71. The van der Waals surface area contributed by atoms with Gasteiger partial charge >= 0.3 is 0 Å². The highest BCUT2D eigenvalue weighted by Crippen LogP contribution is 2.28. The van der Waals surface area contributed by atoms with Gasteiger partial charge < -0.3 is 20.5 Å². The van der Waals surface area contributed by atoms with Crippen molar-refractivity contribution in [1.82, 2.24) is 0 Å². The molecule has 102 valence electrons. The number of nitrogens with two attached hydrogens (primary N) is 1. The molecule has 0 fully saturated rings. The number of nitrogen functional groups attached to an aromatic ring is 1. The van der Waals surface area contributed by atoms with Gasteiger partial charge in [0.1, 0.15) is 0 Å². The van der Waals surface area contributed by atoms with Crippen LogP contribution in [0.5, 0.6) is 5.75 Å². The molecule has 0 saturated carbocycles. The van der Waals surface area contributed by atoms with Crippen molar-refractivity contribution in [2.75, 3.05) is 30.8 Å². The Hall–Kier alpha value is -1.49. The number of hydrogen-bond donors (Lipinski definition) is 2. The van der Waals surface area contributed by atoms with Gasteiger partial charge in [0.05, 0.1) is 24.1 Å². The second-order valence-corrected chi connectivity index (χ2v) is 3.95. The van der Waals surface area contributed by atoms with Crippen molar-refractivity contribution in [2.45, 2.75) is 26.9 Å². The fraction of sp³-hybridized carbons (Fsp3) is 0.538. The largest absolute Gasteiger partial charge is 0.491 e. The number of halogens is 1. The molecule has 1 rings (SSSR count). The Balaban J connectivity index is 2.72. The Morgan fingerprint density at radius 2 is 2.06 bits per heavy atom. The summed E-state index contributed by atoms with van der Waals surface area (Å²) in [6, 6.07) is 2.84. The number of rotatable bonds is 7. The summed E-state index contributed by atoms with van der Waals surface area (Å²) in [6.07, 6.45) is 0.0648. The van der Waals surface area contributed by atoms with E-state index in [2.05, 4.69) is 5.32 Å². The van der Waals surface area contributed by atoms with Gasteiger partial charge in [-0.1, -0.05) is 0 Å². The molecule has 1 aromatic carbocycles. The second kappa shape index (κ2) is 7.06. The van der Waals surface area contributed by atoms with Crippen LogP contribution in [-0.4, -0.2) is 25.9 Å². The van der Waals surface area contributed by atoms with E-state index in [9.17, 15) is 4.39 Å². The number of anilines is 2. The molecule has 4 nitrogen and oxygen atoms in total. The van der Waals surface area contributed by atoms with Crippen LogP contribution in [0.15, 0.2) is 12.1 Å². The van der Waals surface area contributed by atoms with E-state index in [0.29, 0.717) is 31.1 Å². The zero-order valence-corrected chi connectivity index (χ0v) is 11.1. The van der Waals surface area contributed by atoms with E-state index in [0.717, 1.165) is 0 Å². The molecule has 1 unspecified atom stereocenters. The lowest BCUT2D eigenvalue weighted by molar-refractivity contribution is 0.0855. The topological polar surface area (TPSA) is 56.5 Å². The normalized spacial score (nSPS) is 12.2. The first-order chi connectivity index (χ1) is 8.58. The van der Waals surface area contributed by atoms with Gasteiger partial charge in [-0.25, -0.2) is 4.39 Å². The van der Waals surface area contributed by atoms with Gasteiger partial charge in [-0.15, -0.1) is 0 Å². The van der Waals surface area contributed by atoms with Crippen LogP contribution in [0.3, 0.4) is 0 Å². The molecular weight excluding hydrogens is 235 g/mol. The zero-order chi connectivity index (χ0) is 13.5. The molecule has 0 aliphatic carbocycles. The molecule has 0 bridgehead atoms. The number of benzene rings is 1. The molecular formula is C13H21FN2O2. The molecule has 0 amide bonds. The van der Waals surface area contributed by atoms with Crippen molar-refractivity contribution in [3.05, 3.63) is 17.9 Å².